The molecule has 1 heterocycles. The third-order valence-corrected chi connectivity index (χ3v) is 3.75. The summed E-state index contributed by atoms with van der Waals surface area (Å²) in [7, 11) is 0. The molecule has 1 aromatic heterocycles. The molecule has 136 valence electrons. The number of carbonyl (C=O) groups is 2. The highest BCUT2D eigenvalue weighted by Crippen LogP contribution is 2.23. The maximum Gasteiger partial charge on any atom is 0.408 e. The van der Waals surface area contributed by atoms with Crippen molar-refractivity contribution < 1.29 is 19.4 Å². The molecule has 25 heavy (non-hydrogen) atoms. The van der Waals surface area contributed by atoms with Gasteiger partial charge in [0.2, 0.25) is 0 Å². The van der Waals surface area contributed by atoms with Crippen LogP contribution >= 0.6 is 0 Å². The van der Waals surface area contributed by atoms with E-state index in [1.54, 1.807) is 20.8 Å². The van der Waals surface area contributed by atoms with Crippen molar-refractivity contribution in [3.05, 3.63) is 36.0 Å². The summed E-state index contributed by atoms with van der Waals surface area (Å²) < 4.78 is 7.29. The Hall–Kier alpha value is -2.50. The molecule has 0 radical (unpaired) electrons. The highest BCUT2D eigenvalue weighted by Gasteiger charge is 2.25. The maximum absolute atomic E-state index is 11.9. The molecule has 0 spiro atoms. The SMILES string of the molecule is CCCn1cc(CC(NC(=O)OC(C)(C)C)C(=O)O)c2ccccc21. The van der Waals surface area contributed by atoms with E-state index in [-0.39, 0.29) is 6.42 Å². The Morgan fingerprint density at radius 3 is 2.56 bits per heavy atom. The van der Waals surface area contributed by atoms with Gasteiger partial charge in [-0.3, -0.25) is 0 Å². The normalized spacial score (nSPS) is 12.8. The van der Waals surface area contributed by atoms with Crippen LogP contribution in [0.2, 0.25) is 0 Å². The summed E-state index contributed by atoms with van der Waals surface area (Å²) in [5.41, 5.74) is 1.29. The molecule has 0 saturated heterocycles. The second-order valence-corrected chi connectivity index (χ2v) is 7.11. The molecule has 1 atom stereocenters. The van der Waals surface area contributed by atoms with Gasteiger partial charge in [-0.15, -0.1) is 0 Å². The molecule has 0 aliphatic rings. The predicted octanol–water partition coefficient (Wildman–Crippen LogP) is 3.57. The van der Waals surface area contributed by atoms with E-state index in [0.717, 1.165) is 29.4 Å². The summed E-state index contributed by atoms with van der Waals surface area (Å²) >= 11 is 0. The van der Waals surface area contributed by atoms with Gasteiger partial charge in [0.05, 0.1) is 0 Å². The van der Waals surface area contributed by atoms with Crippen molar-refractivity contribution in [3.63, 3.8) is 0 Å². The molecule has 1 unspecified atom stereocenters. The molecule has 6 nitrogen and oxygen atoms in total. The van der Waals surface area contributed by atoms with Crippen LogP contribution in [0.1, 0.15) is 39.7 Å². The molecule has 0 aliphatic carbocycles. The maximum atomic E-state index is 11.9. The van der Waals surface area contributed by atoms with Gasteiger partial charge in [0.15, 0.2) is 0 Å². The molecule has 0 fully saturated rings. The second kappa shape index (κ2) is 7.59. The summed E-state index contributed by atoms with van der Waals surface area (Å²) in [5, 5.41) is 13.0. The van der Waals surface area contributed by atoms with Crippen molar-refractivity contribution in [2.45, 2.75) is 58.7 Å². The molecule has 0 aliphatic heterocycles. The predicted molar refractivity (Wildman–Crippen MR) is 96.7 cm³/mol. The van der Waals surface area contributed by atoms with Crippen LogP contribution in [0.15, 0.2) is 30.5 Å². The van der Waals surface area contributed by atoms with Crippen LogP contribution < -0.4 is 5.32 Å². The number of aromatic nitrogens is 1. The second-order valence-electron chi connectivity index (χ2n) is 7.11. The average molecular weight is 346 g/mol. The zero-order valence-electron chi connectivity index (χ0n) is 15.2. The van der Waals surface area contributed by atoms with E-state index in [4.69, 9.17) is 4.74 Å². The van der Waals surface area contributed by atoms with Crippen LogP contribution in [0.3, 0.4) is 0 Å². The van der Waals surface area contributed by atoms with Crippen molar-refractivity contribution in [1.82, 2.24) is 9.88 Å². The topological polar surface area (TPSA) is 80.6 Å². The number of nitrogens with one attached hydrogen (secondary N) is 1. The minimum atomic E-state index is -1.09. The fourth-order valence-electron chi connectivity index (χ4n) is 2.78. The first-order chi connectivity index (χ1) is 11.7. The number of rotatable bonds is 6. The van der Waals surface area contributed by atoms with Crippen molar-refractivity contribution in [3.8, 4) is 0 Å². The number of hydrogen-bond acceptors (Lipinski definition) is 3. The van der Waals surface area contributed by atoms with E-state index in [1.807, 2.05) is 30.5 Å². The van der Waals surface area contributed by atoms with Crippen LogP contribution in [-0.2, 0) is 22.5 Å². The fourth-order valence-corrected chi connectivity index (χ4v) is 2.78. The van der Waals surface area contributed by atoms with Gasteiger partial charge in [0, 0.05) is 30.1 Å². The summed E-state index contributed by atoms with van der Waals surface area (Å²) in [4.78, 5) is 23.5. The van der Waals surface area contributed by atoms with E-state index < -0.39 is 23.7 Å². The monoisotopic (exact) mass is 346 g/mol. The number of nitrogens with zero attached hydrogens (tertiary/aromatic N) is 1. The highest BCUT2D eigenvalue weighted by molar-refractivity contribution is 5.86. The third kappa shape index (κ3) is 4.98. The number of ether oxygens (including phenoxy) is 1. The van der Waals surface area contributed by atoms with Gasteiger partial charge >= 0.3 is 12.1 Å². The highest BCUT2D eigenvalue weighted by atomic mass is 16.6. The van der Waals surface area contributed by atoms with Crippen LogP contribution in [0, 0.1) is 0 Å². The van der Waals surface area contributed by atoms with Crippen molar-refractivity contribution in [1.29, 1.82) is 0 Å². The van der Waals surface area contributed by atoms with Gasteiger partial charge in [-0.25, -0.2) is 9.59 Å². The number of amides is 1. The largest absolute Gasteiger partial charge is 0.480 e. The lowest BCUT2D eigenvalue weighted by molar-refractivity contribution is -0.139. The molecule has 0 bridgehead atoms. The lowest BCUT2D eigenvalue weighted by Crippen LogP contribution is -2.44. The smallest absolute Gasteiger partial charge is 0.408 e. The molecule has 2 rings (SSSR count). The van der Waals surface area contributed by atoms with Crippen molar-refractivity contribution >= 4 is 23.0 Å². The minimum Gasteiger partial charge on any atom is -0.480 e. The number of fused-ring (bicyclic) bond motifs is 1. The zero-order valence-corrected chi connectivity index (χ0v) is 15.2. The summed E-state index contributed by atoms with van der Waals surface area (Å²) in [6.45, 7) is 8.17. The first kappa shape index (κ1) is 18.8. The number of carbonyl (C=O) groups excluding carboxylic acids is 1. The number of aryl methyl sites for hydroxylation is 1. The van der Waals surface area contributed by atoms with E-state index in [0.29, 0.717) is 0 Å². The van der Waals surface area contributed by atoms with E-state index >= 15 is 0 Å². The zero-order chi connectivity index (χ0) is 18.6. The van der Waals surface area contributed by atoms with Gasteiger partial charge in [-0.2, -0.15) is 0 Å². The number of para-hydroxylation sites is 1. The number of alkyl carbamates (subject to hydrolysis) is 1. The van der Waals surface area contributed by atoms with E-state index in [2.05, 4.69) is 16.8 Å². The number of aliphatic carboxylic acids is 1. The standard InChI is InChI=1S/C19H26N2O4/c1-5-10-21-12-13(14-8-6-7-9-16(14)21)11-15(17(22)23)20-18(24)25-19(2,3)4/h6-9,12,15H,5,10-11H2,1-4H3,(H,20,24)(H,22,23). The van der Waals surface area contributed by atoms with Crippen LogP contribution in [0.25, 0.3) is 10.9 Å². The molecule has 1 amide bonds. The van der Waals surface area contributed by atoms with Gasteiger partial charge in [0.1, 0.15) is 11.6 Å². The van der Waals surface area contributed by atoms with E-state index in [1.165, 1.54) is 0 Å². The summed E-state index contributed by atoms with van der Waals surface area (Å²) in [5.74, 6) is -1.09. The summed E-state index contributed by atoms with van der Waals surface area (Å²) in [6, 6.07) is 6.84. The molecule has 2 N–H and O–H groups in total. The lowest BCUT2D eigenvalue weighted by atomic mass is 10.1. The lowest BCUT2D eigenvalue weighted by Gasteiger charge is -2.22. The molecule has 2 aromatic rings. The first-order valence-corrected chi connectivity index (χ1v) is 8.50. The number of benzene rings is 1. The van der Waals surface area contributed by atoms with Crippen LogP contribution in [0.4, 0.5) is 4.79 Å². The number of carboxylic acid groups (broad SMARTS) is 1. The Morgan fingerprint density at radius 2 is 1.96 bits per heavy atom. The number of hydrogen-bond donors (Lipinski definition) is 2. The molecule has 1 aromatic carbocycles. The average Bonchev–Trinajstić information content (AvgIpc) is 2.83. The molecular formula is C19H26N2O4. The van der Waals surface area contributed by atoms with Crippen LogP contribution in [-0.4, -0.2) is 33.4 Å². The Labute approximate surface area is 147 Å². The van der Waals surface area contributed by atoms with Crippen molar-refractivity contribution in [2.75, 3.05) is 0 Å². The Bertz CT molecular complexity index is 758. The van der Waals surface area contributed by atoms with Crippen LogP contribution in [0.5, 0.6) is 0 Å². The molecule has 0 saturated carbocycles. The van der Waals surface area contributed by atoms with Crippen molar-refractivity contribution in [2.24, 2.45) is 0 Å². The fraction of sp³-hybridized carbons (Fsp3) is 0.474. The third-order valence-electron chi connectivity index (χ3n) is 3.75. The van der Waals surface area contributed by atoms with Gasteiger partial charge in [0.25, 0.3) is 0 Å². The van der Waals surface area contributed by atoms with Gasteiger partial charge in [-0.05, 0) is 38.8 Å². The van der Waals surface area contributed by atoms with Gasteiger partial charge < -0.3 is 19.7 Å². The number of carboxylic acids is 1. The first-order valence-electron chi connectivity index (χ1n) is 8.50. The molecular weight excluding hydrogens is 320 g/mol. The van der Waals surface area contributed by atoms with Gasteiger partial charge in [-0.1, -0.05) is 25.1 Å². The quantitative estimate of drug-likeness (QED) is 0.838. The Balaban J connectivity index is 2.24. The van der Waals surface area contributed by atoms with E-state index in [9.17, 15) is 14.7 Å². The molecule has 6 heteroatoms. The summed E-state index contributed by atoms with van der Waals surface area (Å²) in [6.07, 6.45) is 2.43. The minimum absolute atomic E-state index is 0.200. The Morgan fingerprint density at radius 1 is 1.28 bits per heavy atom. The Kier molecular flexibility index (Phi) is 5.72.